The molecule has 1 amide bonds. The second kappa shape index (κ2) is 11.7. The van der Waals surface area contributed by atoms with Crippen LogP contribution in [0.25, 0.3) is 0 Å². The molecule has 2 heterocycles. The lowest BCUT2D eigenvalue weighted by molar-refractivity contribution is 0.0495. The Morgan fingerprint density at radius 2 is 2.17 bits per heavy atom. The van der Waals surface area contributed by atoms with Crippen LogP contribution in [0.15, 0.2) is 0 Å². The number of carbonyl (C=O) groups excluding carboxylic acids is 1. The molecular formula is C15H29Cl2N5O2. The van der Waals surface area contributed by atoms with Crippen LogP contribution in [0.5, 0.6) is 0 Å². The highest BCUT2D eigenvalue weighted by Crippen LogP contribution is 2.15. The maximum atomic E-state index is 12.3. The van der Waals surface area contributed by atoms with E-state index in [1.165, 1.54) is 0 Å². The first-order valence-corrected chi connectivity index (χ1v) is 7.93. The molecule has 7 nitrogen and oxygen atoms in total. The minimum absolute atomic E-state index is 0. The van der Waals surface area contributed by atoms with Crippen molar-refractivity contribution in [2.24, 2.45) is 0 Å². The smallest absolute Gasteiger partial charge is 0.272 e. The SMILES string of the molecule is CCOC(CCN(C)C)CNC(=O)c1n[nH]c2c1CNCC2.Cl.Cl. The number of carbonyl (C=O) groups is 1. The van der Waals surface area contributed by atoms with Crippen LogP contribution in [-0.2, 0) is 17.7 Å². The molecule has 1 aliphatic rings. The first-order valence-electron chi connectivity index (χ1n) is 7.93. The molecule has 0 saturated carbocycles. The van der Waals surface area contributed by atoms with Gasteiger partial charge in [0.2, 0.25) is 0 Å². The molecule has 24 heavy (non-hydrogen) atoms. The second-order valence-electron chi connectivity index (χ2n) is 5.84. The van der Waals surface area contributed by atoms with Crippen LogP contribution in [-0.4, -0.2) is 67.4 Å². The van der Waals surface area contributed by atoms with Crippen molar-refractivity contribution in [2.45, 2.75) is 32.4 Å². The number of aromatic nitrogens is 2. The van der Waals surface area contributed by atoms with Crippen LogP contribution >= 0.6 is 24.8 Å². The summed E-state index contributed by atoms with van der Waals surface area (Å²) in [6, 6.07) is 0. The lowest BCUT2D eigenvalue weighted by atomic mass is 10.1. The minimum Gasteiger partial charge on any atom is -0.377 e. The number of halogens is 2. The van der Waals surface area contributed by atoms with Gasteiger partial charge in [-0.2, -0.15) is 5.10 Å². The molecule has 0 aromatic carbocycles. The summed E-state index contributed by atoms with van der Waals surface area (Å²) in [6.45, 7) is 5.69. The third-order valence-corrected chi connectivity index (χ3v) is 3.81. The fourth-order valence-corrected chi connectivity index (χ4v) is 2.59. The number of ether oxygens (including phenoxy) is 1. The van der Waals surface area contributed by atoms with Gasteiger partial charge in [-0.15, -0.1) is 24.8 Å². The first kappa shape index (κ1) is 23.1. The maximum absolute atomic E-state index is 12.3. The number of nitrogens with one attached hydrogen (secondary N) is 3. The van der Waals surface area contributed by atoms with Gasteiger partial charge in [-0.1, -0.05) is 0 Å². The topological polar surface area (TPSA) is 82.3 Å². The van der Waals surface area contributed by atoms with E-state index >= 15 is 0 Å². The van der Waals surface area contributed by atoms with Crippen molar-refractivity contribution < 1.29 is 9.53 Å². The normalized spacial score (nSPS) is 14.3. The summed E-state index contributed by atoms with van der Waals surface area (Å²) in [5, 5.41) is 13.4. The Morgan fingerprint density at radius 1 is 1.42 bits per heavy atom. The molecule has 0 spiro atoms. The van der Waals surface area contributed by atoms with Gasteiger partial charge in [-0.3, -0.25) is 9.89 Å². The minimum atomic E-state index is -0.129. The fourth-order valence-electron chi connectivity index (χ4n) is 2.59. The van der Waals surface area contributed by atoms with E-state index < -0.39 is 0 Å². The molecule has 1 atom stereocenters. The molecule has 3 N–H and O–H groups in total. The van der Waals surface area contributed by atoms with Crippen molar-refractivity contribution >= 4 is 30.7 Å². The number of amides is 1. The molecule has 1 unspecified atom stereocenters. The lowest BCUT2D eigenvalue weighted by Gasteiger charge is -2.20. The van der Waals surface area contributed by atoms with Crippen LogP contribution in [0.1, 0.15) is 35.1 Å². The number of hydrogen-bond donors (Lipinski definition) is 3. The standard InChI is InChI=1S/C15H27N5O2.2ClH/c1-4-22-11(6-8-20(2)3)9-17-15(21)14-12-10-16-7-5-13(12)18-19-14;;/h11,16H,4-10H2,1-3H3,(H,17,21)(H,18,19);2*1H. The third kappa shape index (κ3) is 6.57. The molecule has 1 aromatic rings. The van der Waals surface area contributed by atoms with Gasteiger partial charge < -0.3 is 20.3 Å². The van der Waals surface area contributed by atoms with Crippen molar-refractivity contribution in [1.29, 1.82) is 0 Å². The monoisotopic (exact) mass is 381 g/mol. The summed E-state index contributed by atoms with van der Waals surface area (Å²) >= 11 is 0. The molecule has 1 aromatic heterocycles. The molecule has 0 bridgehead atoms. The van der Waals surface area contributed by atoms with E-state index in [1.807, 2.05) is 21.0 Å². The predicted octanol–water partition coefficient (Wildman–Crippen LogP) is 0.986. The molecule has 2 rings (SSSR count). The summed E-state index contributed by atoms with van der Waals surface area (Å²) in [5.41, 5.74) is 2.56. The van der Waals surface area contributed by atoms with Crippen molar-refractivity contribution in [3.05, 3.63) is 17.0 Å². The van der Waals surface area contributed by atoms with Gasteiger partial charge in [-0.25, -0.2) is 0 Å². The predicted molar refractivity (Wildman–Crippen MR) is 99.4 cm³/mol. The van der Waals surface area contributed by atoms with Crippen molar-refractivity contribution in [3.63, 3.8) is 0 Å². The summed E-state index contributed by atoms with van der Waals surface area (Å²) in [7, 11) is 4.06. The number of nitrogens with zero attached hydrogens (tertiary/aromatic N) is 2. The molecule has 9 heteroatoms. The Kier molecular flexibility index (Phi) is 11.2. The number of rotatable bonds is 8. The van der Waals surface area contributed by atoms with Crippen LogP contribution < -0.4 is 10.6 Å². The van der Waals surface area contributed by atoms with Gasteiger partial charge in [0, 0.05) is 50.5 Å². The molecule has 0 saturated heterocycles. The zero-order valence-corrected chi connectivity index (χ0v) is 16.2. The van der Waals surface area contributed by atoms with Crippen LogP contribution in [0.3, 0.4) is 0 Å². The highest BCUT2D eigenvalue weighted by molar-refractivity contribution is 5.94. The second-order valence-corrected chi connectivity index (χ2v) is 5.84. The van der Waals surface area contributed by atoms with Gasteiger partial charge >= 0.3 is 0 Å². The Balaban J connectivity index is 0.00000264. The van der Waals surface area contributed by atoms with E-state index in [0.717, 1.165) is 37.2 Å². The molecule has 1 aliphatic heterocycles. The number of H-pyrrole nitrogens is 1. The molecule has 0 fully saturated rings. The zero-order chi connectivity index (χ0) is 15.9. The Hall–Kier alpha value is -0.860. The van der Waals surface area contributed by atoms with E-state index in [1.54, 1.807) is 0 Å². The van der Waals surface area contributed by atoms with Crippen LogP contribution in [0, 0.1) is 0 Å². The summed E-state index contributed by atoms with van der Waals surface area (Å²) < 4.78 is 5.69. The number of fused-ring (bicyclic) bond motifs is 1. The number of hydrogen-bond acceptors (Lipinski definition) is 5. The van der Waals surface area contributed by atoms with Crippen LogP contribution in [0.4, 0.5) is 0 Å². The molecule has 0 radical (unpaired) electrons. The molecule has 0 aliphatic carbocycles. The lowest BCUT2D eigenvalue weighted by Crippen LogP contribution is -2.36. The van der Waals surface area contributed by atoms with E-state index in [9.17, 15) is 4.79 Å². The van der Waals surface area contributed by atoms with Gasteiger partial charge in [0.15, 0.2) is 5.69 Å². The third-order valence-electron chi connectivity index (χ3n) is 3.81. The van der Waals surface area contributed by atoms with Crippen molar-refractivity contribution in [3.8, 4) is 0 Å². The van der Waals surface area contributed by atoms with E-state index in [-0.39, 0.29) is 36.8 Å². The van der Waals surface area contributed by atoms with Crippen molar-refractivity contribution in [2.75, 3.05) is 40.3 Å². The van der Waals surface area contributed by atoms with Crippen molar-refractivity contribution in [1.82, 2.24) is 25.7 Å². The van der Waals surface area contributed by atoms with Gasteiger partial charge in [0.25, 0.3) is 5.91 Å². The number of aromatic amines is 1. The Bertz CT molecular complexity index is 496. The zero-order valence-electron chi connectivity index (χ0n) is 14.6. The summed E-state index contributed by atoms with van der Waals surface area (Å²) in [6.07, 6.45) is 1.81. The highest BCUT2D eigenvalue weighted by atomic mass is 35.5. The average Bonchev–Trinajstić information content (AvgIpc) is 2.93. The largest absolute Gasteiger partial charge is 0.377 e. The highest BCUT2D eigenvalue weighted by Gasteiger charge is 2.22. The summed E-state index contributed by atoms with van der Waals surface area (Å²) in [4.78, 5) is 14.5. The van der Waals surface area contributed by atoms with Crippen LogP contribution in [0.2, 0.25) is 0 Å². The molecule has 140 valence electrons. The van der Waals surface area contributed by atoms with E-state index in [2.05, 4.69) is 25.7 Å². The Morgan fingerprint density at radius 3 is 2.83 bits per heavy atom. The molecular weight excluding hydrogens is 353 g/mol. The summed E-state index contributed by atoms with van der Waals surface area (Å²) in [5.74, 6) is -0.129. The average molecular weight is 382 g/mol. The fraction of sp³-hybridized carbons (Fsp3) is 0.733. The van der Waals surface area contributed by atoms with Gasteiger partial charge in [0.1, 0.15) is 0 Å². The van der Waals surface area contributed by atoms with Gasteiger partial charge in [0.05, 0.1) is 6.10 Å². The van der Waals surface area contributed by atoms with E-state index in [4.69, 9.17) is 4.74 Å². The first-order chi connectivity index (χ1) is 10.6. The van der Waals surface area contributed by atoms with E-state index in [0.29, 0.717) is 25.4 Å². The Labute approximate surface area is 156 Å². The quantitative estimate of drug-likeness (QED) is 0.625. The maximum Gasteiger partial charge on any atom is 0.272 e. The van der Waals surface area contributed by atoms with Gasteiger partial charge in [-0.05, 0) is 27.4 Å².